The Morgan fingerprint density at radius 3 is 2.68 bits per heavy atom. The molecule has 2 heterocycles. The summed E-state index contributed by atoms with van der Waals surface area (Å²) >= 11 is 7.05. The molecule has 0 aliphatic heterocycles. The van der Waals surface area contributed by atoms with Crippen LogP contribution in [0.3, 0.4) is 0 Å². The molecule has 0 fully saturated rings. The van der Waals surface area contributed by atoms with Crippen LogP contribution in [0, 0.1) is 4.77 Å². The fraction of sp³-hybridized carbons (Fsp3) is 0.615. The molecular formula is C13H20N4S2. The zero-order valence-electron chi connectivity index (χ0n) is 11.9. The molecule has 0 aromatic carbocycles. The van der Waals surface area contributed by atoms with Crippen molar-refractivity contribution in [1.29, 1.82) is 0 Å². The first-order valence-corrected chi connectivity index (χ1v) is 7.96. The number of aryl methyl sites for hydroxylation is 1. The standard InChI is InChI=1S/C13H20N4S2/c1-5-7-17-12(15-16-13(17)18)11-10(8(3)4)14-9(6-2)19-11/h8H,5-7H2,1-4H3,(H,16,18). The van der Waals surface area contributed by atoms with Gasteiger partial charge in [0.25, 0.3) is 0 Å². The van der Waals surface area contributed by atoms with Crippen molar-refractivity contribution in [2.75, 3.05) is 0 Å². The van der Waals surface area contributed by atoms with Crippen LogP contribution in [-0.4, -0.2) is 19.7 Å². The third-order valence-electron chi connectivity index (χ3n) is 2.96. The summed E-state index contributed by atoms with van der Waals surface area (Å²) < 4.78 is 2.77. The molecule has 6 heteroatoms. The minimum absolute atomic E-state index is 0.395. The highest BCUT2D eigenvalue weighted by Gasteiger charge is 2.19. The highest BCUT2D eigenvalue weighted by atomic mass is 32.1. The summed E-state index contributed by atoms with van der Waals surface area (Å²) in [5.41, 5.74) is 1.13. The maximum atomic E-state index is 5.31. The van der Waals surface area contributed by atoms with Crippen molar-refractivity contribution >= 4 is 23.6 Å². The Balaban J connectivity index is 2.57. The van der Waals surface area contributed by atoms with Gasteiger partial charge in [-0.05, 0) is 31.0 Å². The Hall–Kier alpha value is -1.01. The Bertz CT molecular complexity index is 606. The van der Waals surface area contributed by atoms with Gasteiger partial charge in [0, 0.05) is 6.54 Å². The lowest BCUT2D eigenvalue weighted by atomic mass is 10.1. The van der Waals surface area contributed by atoms with E-state index in [1.807, 2.05) is 0 Å². The molecule has 0 saturated carbocycles. The molecule has 0 spiro atoms. The summed E-state index contributed by atoms with van der Waals surface area (Å²) in [7, 11) is 0. The Morgan fingerprint density at radius 1 is 1.37 bits per heavy atom. The number of aromatic amines is 1. The van der Waals surface area contributed by atoms with Crippen molar-refractivity contribution in [3.05, 3.63) is 15.5 Å². The average Bonchev–Trinajstić information content (AvgIpc) is 2.95. The number of nitrogens with one attached hydrogen (secondary N) is 1. The highest BCUT2D eigenvalue weighted by molar-refractivity contribution is 7.71. The van der Waals surface area contributed by atoms with E-state index in [4.69, 9.17) is 17.2 Å². The first-order valence-electron chi connectivity index (χ1n) is 6.73. The normalized spacial score (nSPS) is 11.4. The lowest BCUT2D eigenvalue weighted by molar-refractivity contribution is 0.674. The smallest absolute Gasteiger partial charge is 0.195 e. The Kier molecular flexibility index (Phi) is 4.52. The number of aromatic nitrogens is 4. The molecule has 1 N–H and O–H groups in total. The van der Waals surface area contributed by atoms with Crippen LogP contribution in [-0.2, 0) is 13.0 Å². The van der Waals surface area contributed by atoms with Crippen LogP contribution >= 0.6 is 23.6 Å². The first-order chi connectivity index (χ1) is 9.08. The Labute approximate surface area is 122 Å². The SMILES string of the molecule is CCCn1c(-c2sc(CC)nc2C(C)C)n[nH]c1=S. The van der Waals surface area contributed by atoms with E-state index < -0.39 is 0 Å². The van der Waals surface area contributed by atoms with Crippen LogP contribution < -0.4 is 0 Å². The van der Waals surface area contributed by atoms with Crippen molar-refractivity contribution in [2.45, 2.75) is 53.0 Å². The highest BCUT2D eigenvalue weighted by Crippen LogP contribution is 2.33. The van der Waals surface area contributed by atoms with Gasteiger partial charge in [0.1, 0.15) is 0 Å². The third kappa shape index (κ3) is 2.79. The van der Waals surface area contributed by atoms with Crippen LogP contribution in [0.2, 0.25) is 0 Å². The molecule has 2 aromatic rings. The molecule has 0 saturated heterocycles. The number of nitrogens with zero attached hydrogens (tertiary/aromatic N) is 3. The van der Waals surface area contributed by atoms with Gasteiger partial charge in [0.05, 0.1) is 15.6 Å². The van der Waals surface area contributed by atoms with E-state index in [1.54, 1.807) is 11.3 Å². The predicted molar refractivity (Wildman–Crippen MR) is 82.3 cm³/mol. The minimum Gasteiger partial charge on any atom is -0.299 e. The number of hydrogen-bond donors (Lipinski definition) is 1. The maximum absolute atomic E-state index is 5.31. The largest absolute Gasteiger partial charge is 0.299 e. The lowest BCUT2D eigenvalue weighted by Gasteiger charge is -2.06. The van der Waals surface area contributed by atoms with E-state index in [0.717, 1.165) is 40.8 Å². The molecule has 0 aliphatic rings. The summed E-state index contributed by atoms with van der Waals surface area (Å²) in [6.45, 7) is 9.51. The number of rotatable bonds is 5. The molecule has 4 nitrogen and oxygen atoms in total. The number of hydrogen-bond acceptors (Lipinski definition) is 4. The fourth-order valence-corrected chi connectivity index (χ4v) is 3.38. The van der Waals surface area contributed by atoms with Crippen molar-refractivity contribution in [1.82, 2.24) is 19.7 Å². The van der Waals surface area contributed by atoms with E-state index in [-0.39, 0.29) is 0 Å². The zero-order valence-corrected chi connectivity index (χ0v) is 13.5. The van der Waals surface area contributed by atoms with Gasteiger partial charge in [0.2, 0.25) is 0 Å². The quantitative estimate of drug-likeness (QED) is 0.843. The minimum atomic E-state index is 0.395. The first kappa shape index (κ1) is 14.4. The van der Waals surface area contributed by atoms with Crippen LogP contribution in [0.25, 0.3) is 10.7 Å². The summed E-state index contributed by atoms with van der Waals surface area (Å²) in [5.74, 6) is 1.33. The van der Waals surface area contributed by atoms with Crippen molar-refractivity contribution in [3.63, 3.8) is 0 Å². The number of thiazole rings is 1. The summed E-state index contributed by atoms with van der Waals surface area (Å²) in [6, 6.07) is 0. The molecule has 2 aromatic heterocycles. The van der Waals surface area contributed by atoms with Gasteiger partial charge in [-0.15, -0.1) is 11.3 Å². The summed E-state index contributed by atoms with van der Waals surface area (Å²) in [5, 5.41) is 8.48. The van der Waals surface area contributed by atoms with Gasteiger partial charge in [-0.1, -0.05) is 27.7 Å². The lowest BCUT2D eigenvalue weighted by Crippen LogP contribution is -2.01. The molecule has 0 amide bonds. The van der Waals surface area contributed by atoms with Crippen molar-refractivity contribution in [3.8, 4) is 10.7 Å². The van der Waals surface area contributed by atoms with Gasteiger partial charge < -0.3 is 0 Å². The zero-order chi connectivity index (χ0) is 14.0. The topological polar surface area (TPSA) is 46.5 Å². The molecule has 0 unspecified atom stereocenters. The predicted octanol–water partition coefficient (Wildman–Crippen LogP) is 4.16. The van der Waals surface area contributed by atoms with Crippen molar-refractivity contribution in [2.24, 2.45) is 0 Å². The van der Waals surface area contributed by atoms with Gasteiger partial charge in [-0.25, -0.2) is 4.98 Å². The summed E-state index contributed by atoms with van der Waals surface area (Å²) in [4.78, 5) is 5.89. The van der Waals surface area contributed by atoms with Crippen LogP contribution in [0.4, 0.5) is 0 Å². The second kappa shape index (κ2) is 5.96. The van der Waals surface area contributed by atoms with E-state index in [2.05, 4.69) is 42.5 Å². The van der Waals surface area contributed by atoms with E-state index in [0.29, 0.717) is 10.7 Å². The van der Waals surface area contributed by atoms with Crippen molar-refractivity contribution < 1.29 is 0 Å². The van der Waals surface area contributed by atoms with Gasteiger partial charge in [0.15, 0.2) is 10.6 Å². The van der Waals surface area contributed by atoms with Gasteiger partial charge in [-0.3, -0.25) is 9.67 Å². The van der Waals surface area contributed by atoms with Gasteiger partial charge in [-0.2, -0.15) is 5.10 Å². The maximum Gasteiger partial charge on any atom is 0.195 e. The molecular weight excluding hydrogens is 276 g/mol. The Morgan fingerprint density at radius 2 is 2.11 bits per heavy atom. The van der Waals surface area contributed by atoms with Crippen LogP contribution in [0.1, 0.15) is 50.7 Å². The monoisotopic (exact) mass is 296 g/mol. The molecule has 0 aliphatic carbocycles. The molecule has 0 bridgehead atoms. The van der Waals surface area contributed by atoms with Crippen LogP contribution in [0.5, 0.6) is 0 Å². The van der Waals surface area contributed by atoms with E-state index >= 15 is 0 Å². The molecule has 0 atom stereocenters. The van der Waals surface area contributed by atoms with Gasteiger partial charge >= 0.3 is 0 Å². The summed E-state index contributed by atoms with van der Waals surface area (Å²) in [6.07, 6.45) is 2.00. The second-order valence-corrected chi connectivity index (χ2v) is 6.30. The average molecular weight is 296 g/mol. The molecule has 104 valence electrons. The fourth-order valence-electron chi connectivity index (χ4n) is 2.00. The molecule has 0 radical (unpaired) electrons. The van der Waals surface area contributed by atoms with E-state index in [1.165, 1.54) is 0 Å². The van der Waals surface area contributed by atoms with Crippen LogP contribution in [0.15, 0.2) is 0 Å². The third-order valence-corrected chi connectivity index (χ3v) is 4.48. The molecule has 2 rings (SSSR count). The van der Waals surface area contributed by atoms with E-state index in [9.17, 15) is 0 Å². The second-order valence-electron chi connectivity index (χ2n) is 4.83. The number of H-pyrrole nitrogens is 1. The molecule has 19 heavy (non-hydrogen) atoms.